The number of benzene rings is 1. The van der Waals surface area contributed by atoms with Crippen LogP contribution in [0.4, 0.5) is 13.2 Å². The van der Waals surface area contributed by atoms with Crippen LogP contribution in [0.25, 0.3) is 11.0 Å². The maximum absolute atomic E-state index is 12.9. The molecule has 0 spiro atoms. The van der Waals surface area contributed by atoms with Gasteiger partial charge in [0.25, 0.3) is 0 Å². The van der Waals surface area contributed by atoms with Crippen LogP contribution >= 0.6 is 11.8 Å². The molecule has 6 nitrogen and oxygen atoms in total. The third kappa shape index (κ3) is 4.95. The van der Waals surface area contributed by atoms with Gasteiger partial charge >= 0.3 is 6.18 Å². The second kappa shape index (κ2) is 8.78. The van der Waals surface area contributed by atoms with Crippen molar-refractivity contribution in [3.8, 4) is 5.75 Å². The number of fused-ring (bicyclic) bond motifs is 1. The largest absolute Gasteiger partial charge is 0.491 e. The summed E-state index contributed by atoms with van der Waals surface area (Å²) in [5.41, 5.74) is 1.79. The van der Waals surface area contributed by atoms with Gasteiger partial charge in [0, 0.05) is 30.5 Å². The standard InChI is InChI=1S/C21H21F3N4O2S/c1-13-17(25-7-6-18(13)30-10-9-28-8-2-3-19(28)29)12-31-20-26-15-5-4-14(21(22,23)24)11-16(15)27-20/h4-7,11H,2-3,8-10,12H2,1H3,(H,26,27). The van der Waals surface area contributed by atoms with Crippen LogP contribution in [0.3, 0.4) is 0 Å². The highest BCUT2D eigenvalue weighted by atomic mass is 32.2. The zero-order valence-electron chi connectivity index (χ0n) is 16.8. The molecule has 1 amide bonds. The molecule has 1 aliphatic rings. The molecule has 1 aliphatic heterocycles. The van der Waals surface area contributed by atoms with E-state index in [4.69, 9.17) is 4.74 Å². The molecule has 0 aliphatic carbocycles. The Hall–Kier alpha value is -2.75. The molecule has 3 aromatic rings. The number of amides is 1. The highest BCUT2D eigenvalue weighted by Gasteiger charge is 2.30. The van der Waals surface area contributed by atoms with Gasteiger partial charge in [-0.15, -0.1) is 0 Å². The number of carbonyl (C=O) groups is 1. The molecule has 1 saturated heterocycles. The summed E-state index contributed by atoms with van der Waals surface area (Å²) in [6.07, 6.45) is -1.24. The van der Waals surface area contributed by atoms with Gasteiger partial charge in [0.05, 0.1) is 28.8 Å². The first-order chi connectivity index (χ1) is 14.8. The van der Waals surface area contributed by atoms with Crippen molar-refractivity contribution in [3.05, 3.63) is 47.3 Å². The minimum absolute atomic E-state index is 0.167. The third-order valence-electron chi connectivity index (χ3n) is 5.18. The average molecular weight is 450 g/mol. The molecule has 4 rings (SSSR count). The molecule has 1 fully saturated rings. The quantitative estimate of drug-likeness (QED) is 0.534. The lowest BCUT2D eigenvalue weighted by Gasteiger charge is -2.17. The van der Waals surface area contributed by atoms with Crippen molar-refractivity contribution in [2.45, 2.75) is 36.9 Å². The van der Waals surface area contributed by atoms with Crippen molar-refractivity contribution >= 4 is 28.7 Å². The predicted molar refractivity (Wildman–Crippen MR) is 111 cm³/mol. The summed E-state index contributed by atoms with van der Waals surface area (Å²) in [6.45, 7) is 3.66. The molecule has 0 unspecified atom stereocenters. The minimum Gasteiger partial charge on any atom is -0.491 e. The summed E-state index contributed by atoms with van der Waals surface area (Å²) in [5.74, 6) is 1.36. The van der Waals surface area contributed by atoms with Gasteiger partial charge in [-0.1, -0.05) is 11.8 Å². The van der Waals surface area contributed by atoms with E-state index < -0.39 is 11.7 Å². The van der Waals surface area contributed by atoms with E-state index in [0.29, 0.717) is 41.7 Å². The smallest absolute Gasteiger partial charge is 0.416 e. The topological polar surface area (TPSA) is 71.1 Å². The molecule has 1 N–H and O–H groups in total. The Bertz CT molecular complexity index is 1100. The molecule has 3 heterocycles. The van der Waals surface area contributed by atoms with Gasteiger partial charge in [0.15, 0.2) is 5.16 Å². The number of imidazole rings is 1. The molecule has 0 saturated carbocycles. The number of rotatable bonds is 7. The minimum atomic E-state index is -4.40. The van der Waals surface area contributed by atoms with Crippen molar-refractivity contribution < 1.29 is 22.7 Å². The number of H-pyrrole nitrogens is 1. The number of likely N-dealkylation sites (tertiary alicyclic amines) is 1. The molecule has 1 aromatic carbocycles. The van der Waals surface area contributed by atoms with Crippen molar-refractivity contribution in [1.82, 2.24) is 19.9 Å². The summed E-state index contributed by atoms with van der Waals surface area (Å²) < 4.78 is 44.5. The van der Waals surface area contributed by atoms with Crippen molar-refractivity contribution in [1.29, 1.82) is 0 Å². The van der Waals surface area contributed by atoms with Crippen LogP contribution in [0, 0.1) is 6.92 Å². The van der Waals surface area contributed by atoms with Crippen LogP contribution in [0.1, 0.15) is 29.7 Å². The van der Waals surface area contributed by atoms with Gasteiger partial charge in [-0.25, -0.2) is 4.98 Å². The van der Waals surface area contributed by atoms with Crippen LogP contribution in [0.5, 0.6) is 5.75 Å². The van der Waals surface area contributed by atoms with Crippen LogP contribution in [-0.2, 0) is 16.7 Å². The molecule has 164 valence electrons. The number of hydrogen-bond acceptors (Lipinski definition) is 5. The fraction of sp³-hybridized carbons (Fsp3) is 0.381. The summed E-state index contributed by atoms with van der Waals surface area (Å²) in [7, 11) is 0. The molecule has 0 radical (unpaired) electrons. The predicted octanol–water partition coefficient (Wildman–Crippen LogP) is 4.58. The Labute approximate surface area is 181 Å². The van der Waals surface area contributed by atoms with E-state index in [0.717, 1.165) is 36.4 Å². The van der Waals surface area contributed by atoms with Crippen LogP contribution in [0.15, 0.2) is 35.6 Å². The van der Waals surface area contributed by atoms with Gasteiger partial charge in [0.1, 0.15) is 12.4 Å². The van der Waals surface area contributed by atoms with Gasteiger partial charge in [-0.2, -0.15) is 13.2 Å². The normalized spacial score (nSPS) is 14.6. The van der Waals surface area contributed by atoms with Crippen molar-refractivity contribution in [2.75, 3.05) is 19.7 Å². The first kappa shape index (κ1) is 21.5. The lowest BCUT2D eigenvalue weighted by atomic mass is 10.2. The number of nitrogens with zero attached hydrogens (tertiary/aromatic N) is 3. The molecule has 0 bridgehead atoms. The zero-order chi connectivity index (χ0) is 22.0. The highest BCUT2D eigenvalue weighted by Crippen LogP contribution is 2.32. The van der Waals surface area contributed by atoms with Crippen LogP contribution < -0.4 is 4.74 Å². The van der Waals surface area contributed by atoms with Crippen LogP contribution in [0.2, 0.25) is 0 Å². The second-order valence-corrected chi connectivity index (χ2v) is 8.24. The van der Waals surface area contributed by atoms with Crippen molar-refractivity contribution in [2.24, 2.45) is 0 Å². The Morgan fingerprint density at radius 1 is 1.29 bits per heavy atom. The number of nitrogens with one attached hydrogen (secondary N) is 1. The fourth-order valence-corrected chi connectivity index (χ4v) is 4.34. The van der Waals surface area contributed by atoms with E-state index in [1.54, 1.807) is 17.2 Å². The molecule has 0 atom stereocenters. The Balaban J connectivity index is 1.39. The van der Waals surface area contributed by atoms with Crippen molar-refractivity contribution in [3.63, 3.8) is 0 Å². The number of aromatic nitrogens is 3. The Kier molecular flexibility index (Phi) is 6.08. The van der Waals surface area contributed by atoms with E-state index in [9.17, 15) is 18.0 Å². The molecule has 2 aromatic heterocycles. The van der Waals surface area contributed by atoms with E-state index >= 15 is 0 Å². The van der Waals surface area contributed by atoms with E-state index in [1.165, 1.54) is 17.8 Å². The molecule has 31 heavy (non-hydrogen) atoms. The average Bonchev–Trinajstić information content (AvgIpc) is 3.32. The van der Waals surface area contributed by atoms with Gasteiger partial charge < -0.3 is 14.6 Å². The maximum Gasteiger partial charge on any atom is 0.416 e. The van der Waals surface area contributed by atoms with E-state index in [1.807, 2.05) is 6.92 Å². The van der Waals surface area contributed by atoms with E-state index in [-0.39, 0.29) is 11.4 Å². The maximum atomic E-state index is 12.9. The van der Waals surface area contributed by atoms with Gasteiger partial charge in [-0.05, 0) is 37.6 Å². The fourth-order valence-electron chi connectivity index (χ4n) is 3.43. The molecular formula is C21H21F3N4O2S. The lowest BCUT2D eigenvalue weighted by molar-refractivity contribution is -0.137. The number of pyridine rings is 1. The Morgan fingerprint density at radius 3 is 2.87 bits per heavy atom. The third-order valence-corrected chi connectivity index (χ3v) is 6.07. The van der Waals surface area contributed by atoms with E-state index in [2.05, 4.69) is 15.0 Å². The lowest BCUT2D eigenvalue weighted by Crippen LogP contribution is -2.29. The zero-order valence-corrected chi connectivity index (χ0v) is 17.6. The second-order valence-electron chi connectivity index (χ2n) is 7.27. The van der Waals surface area contributed by atoms with Crippen LogP contribution in [-0.4, -0.2) is 45.5 Å². The number of thioether (sulfide) groups is 1. The number of aromatic amines is 1. The molecule has 10 heteroatoms. The first-order valence-corrected chi connectivity index (χ1v) is 10.8. The SMILES string of the molecule is Cc1c(OCCN2CCCC2=O)ccnc1CSc1nc2cc(C(F)(F)F)ccc2[nH]1. The number of alkyl halides is 3. The van der Waals surface area contributed by atoms with Gasteiger partial charge in [-0.3, -0.25) is 9.78 Å². The highest BCUT2D eigenvalue weighted by molar-refractivity contribution is 7.98. The first-order valence-electron chi connectivity index (χ1n) is 9.86. The summed E-state index contributed by atoms with van der Waals surface area (Å²) >= 11 is 1.36. The number of halogens is 3. The number of carbonyl (C=O) groups excluding carboxylic acids is 1. The van der Waals surface area contributed by atoms with Gasteiger partial charge in [0.2, 0.25) is 5.91 Å². The molecular weight excluding hydrogens is 429 g/mol. The Morgan fingerprint density at radius 2 is 2.13 bits per heavy atom. The summed E-state index contributed by atoms with van der Waals surface area (Å²) in [6, 6.07) is 5.25. The summed E-state index contributed by atoms with van der Waals surface area (Å²) in [4.78, 5) is 25.2. The number of ether oxygens (including phenoxy) is 1. The summed E-state index contributed by atoms with van der Waals surface area (Å²) in [5, 5.41) is 0.523. The monoisotopic (exact) mass is 450 g/mol. The number of hydrogen-bond donors (Lipinski definition) is 1.